The predicted octanol–water partition coefficient (Wildman–Crippen LogP) is 4.29. The molecule has 5 nitrogen and oxygen atoms in total. The number of rotatable bonds is 2. The van der Waals surface area contributed by atoms with Crippen LogP contribution in [0.3, 0.4) is 0 Å². The molecule has 0 aromatic carbocycles. The van der Waals surface area contributed by atoms with Crippen LogP contribution in [0.25, 0.3) is 0 Å². The third-order valence-electron chi connectivity index (χ3n) is 6.51. The zero-order chi connectivity index (χ0) is 19.0. The summed E-state index contributed by atoms with van der Waals surface area (Å²) < 4.78 is 54.4. The quantitative estimate of drug-likeness (QED) is 0.469. The molecule has 4 saturated heterocycles. The van der Waals surface area contributed by atoms with Gasteiger partial charge in [-0.1, -0.05) is 22.9 Å². The molecule has 4 aliphatic heterocycles. The van der Waals surface area contributed by atoms with Crippen LogP contribution in [0, 0.1) is 17.8 Å². The first-order valence-electron chi connectivity index (χ1n) is 9.05. The number of fused-ring (bicyclic) bond motifs is 2. The van der Waals surface area contributed by atoms with Gasteiger partial charge in [0.15, 0.2) is 18.2 Å². The zero-order valence-corrected chi connectivity index (χ0v) is 16.6. The van der Waals surface area contributed by atoms with Crippen LogP contribution < -0.4 is 0 Å². The Bertz CT molecular complexity index is 573. The van der Waals surface area contributed by atoms with Crippen molar-refractivity contribution in [1.82, 2.24) is 0 Å². The number of halogens is 4. The Morgan fingerprint density at radius 2 is 1.88 bits per heavy atom. The Morgan fingerprint density at radius 3 is 2.58 bits per heavy atom. The van der Waals surface area contributed by atoms with Crippen LogP contribution in [0.5, 0.6) is 0 Å². The highest BCUT2D eigenvalue weighted by atomic mass is 79.9. The first-order valence-corrected chi connectivity index (χ1v) is 9.85. The number of hydrogen-bond acceptors (Lipinski definition) is 5. The SMILES string of the molecule is C[C@@H]1CC[C@H]2[C@@](C)(Br)[C@@H](OCC(F)(F)F)O[C@@H]3O[C@@]4(C)CC[C@@H]1[C@]32OO4. The summed E-state index contributed by atoms with van der Waals surface area (Å²) in [4.78, 5) is 11.6. The summed E-state index contributed by atoms with van der Waals surface area (Å²) >= 11 is 3.62. The van der Waals surface area contributed by atoms with Crippen LogP contribution in [0.4, 0.5) is 13.2 Å². The molecule has 0 unspecified atom stereocenters. The first-order chi connectivity index (χ1) is 12.0. The highest BCUT2D eigenvalue weighted by Gasteiger charge is 2.72. The zero-order valence-electron chi connectivity index (χ0n) is 15.0. The van der Waals surface area contributed by atoms with E-state index in [1.165, 1.54) is 0 Å². The van der Waals surface area contributed by atoms with Crippen LogP contribution >= 0.6 is 15.9 Å². The van der Waals surface area contributed by atoms with E-state index in [1.807, 2.05) is 0 Å². The molecule has 0 aromatic rings. The minimum Gasteiger partial charge on any atom is -0.342 e. The number of ether oxygens (including phenoxy) is 3. The van der Waals surface area contributed by atoms with Crippen molar-refractivity contribution in [3.63, 3.8) is 0 Å². The summed E-state index contributed by atoms with van der Waals surface area (Å²) in [6.07, 6.45) is -3.16. The van der Waals surface area contributed by atoms with E-state index in [0.29, 0.717) is 12.3 Å². The first kappa shape index (κ1) is 19.4. The van der Waals surface area contributed by atoms with Gasteiger partial charge in [-0.15, -0.1) is 0 Å². The fraction of sp³-hybridized carbons (Fsp3) is 1.00. The van der Waals surface area contributed by atoms with Crippen molar-refractivity contribution in [3.8, 4) is 0 Å². The molecule has 2 bridgehead atoms. The van der Waals surface area contributed by atoms with Gasteiger partial charge < -0.3 is 14.2 Å². The van der Waals surface area contributed by atoms with Gasteiger partial charge in [-0.05, 0) is 44.9 Å². The van der Waals surface area contributed by atoms with Crippen molar-refractivity contribution in [2.24, 2.45) is 17.8 Å². The molecule has 4 heterocycles. The fourth-order valence-electron chi connectivity index (χ4n) is 5.22. The molecule has 26 heavy (non-hydrogen) atoms. The topological polar surface area (TPSA) is 46.2 Å². The van der Waals surface area contributed by atoms with Crippen LogP contribution in [0.2, 0.25) is 0 Å². The molecule has 0 amide bonds. The summed E-state index contributed by atoms with van der Waals surface area (Å²) in [6.45, 7) is 4.38. The van der Waals surface area contributed by atoms with Crippen molar-refractivity contribution >= 4 is 15.9 Å². The van der Waals surface area contributed by atoms with Crippen LogP contribution in [-0.4, -0.2) is 41.1 Å². The summed E-state index contributed by atoms with van der Waals surface area (Å²) in [6, 6.07) is 0. The van der Waals surface area contributed by atoms with E-state index < -0.39 is 41.1 Å². The smallest absolute Gasteiger partial charge is 0.342 e. The molecule has 5 aliphatic rings. The van der Waals surface area contributed by atoms with E-state index in [-0.39, 0.29) is 11.8 Å². The van der Waals surface area contributed by atoms with E-state index in [2.05, 4.69) is 22.9 Å². The maximum atomic E-state index is 12.7. The lowest BCUT2D eigenvalue weighted by molar-refractivity contribution is -0.575. The van der Waals surface area contributed by atoms with Gasteiger partial charge >= 0.3 is 6.18 Å². The van der Waals surface area contributed by atoms with Crippen LogP contribution in [-0.2, 0) is 24.0 Å². The minimum atomic E-state index is -4.43. The molecule has 9 heteroatoms. The molecule has 5 fully saturated rings. The van der Waals surface area contributed by atoms with Gasteiger partial charge in [-0.3, -0.25) is 0 Å². The van der Waals surface area contributed by atoms with E-state index >= 15 is 0 Å². The lowest BCUT2D eigenvalue weighted by Gasteiger charge is -2.62. The highest BCUT2D eigenvalue weighted by molar-refractivity contribution is 9.10. The average molecular weight is 445 g/mol. The van der Waals surface area contributed by atoms with Gasteiger partial charge in [0.1, 0.15) is 6.61 Å². The van der Waals surface area contributed by atoms with Crippen molar-refractivity contribution in [1.29, 1.82) is 0 Å². The van der Waals surface area contributed by atoms with E-state index in [9.17, 15) is 13.2 Å². The lowest BCUT2D eigenvalue weighted by atomic mass is 9.58. The van der Waals surface area contributed by atoms with Gasteiger partial charge in [0, 0.05) is 12.3 Å². The summed E-state index contributed by atoms with van der Waals surface area (Å²) in [5, 5.41) is 0. The summed E-state index contributed by atoms with van der Waals surface area (Å²) in [5.41, 5.74) is -0.857. The molecular weight excluding hydrogens is 421 g/mol. The van der Waals surface area contributed by atoms with Gasteiger partial charge in [-0.2, -0.15) is 13.2 Å². The molecule has 5 rings (SSSR count). The predicted molar refractivity (Wildman–Crippen MR) is 87.0 cm³/mol. The second kappa shape index (κ2) is 6.03. The monoisotopic (exact) mass is 444 g/mol. The van der Waals surface area contributed by atoms with E-state index in [1.54, 1.807) is 13.8 Å². The molecule has 0 aromatic heterocycles. The normalized spacial score (nSPS) is 53.9. The Hall–Kier alpha value is 0.0700. The molecule has 0 N–H and O–H groups in total. The Kier molecular flexibility index (Phi) is 4.50. The summed E-state index contributed by atoms with van der Waals surface area (Å²) in [7, 11) is 0. The molecule has 0 radical (unpaired) electrons. The summed E-state index contributed by atoms with van der Waals surface area (Å²) in [5.74, 6) is -0.626. The molecule has 1 aliphatic carbocycles. The standard InChI is InChI=1S/C17H24BrF3O5/c1-9-4-5-11-15(3,18)12(22-8-16(19,20)21)23-13-17(11)10(9)6-7-14(2,24-13)25-26-17/h9-13H,4-8H2,1-3H3/t9-,10+,11+,12+,13-,14-,15-,17-/m1/s1. The molecule has 1 saturated carbocycles. The van der Waals surface area contributed by atoms with Gasteiger partial charge in [0.25, 0.3) is 0 Å². The average Bonchev–Trinajstić information content (AvgIpc) is 2.75. The highest BCUT2D eigenvalue weighted by Crippen LogP contribution is 2.63. The van der Waals surface area contributed by atoms with Crippen LogP contribution in [0.1, 0.15) is 46.5 Å². The lowest BCUT2D eigenvalue weighted by Crippen LogP contribution is -2.74. The number of hydrogen-bond donors (Lipinski definition) is 0. The third-order valence-corrected chi connectivity index (χ3v) is 7.43. The molecule has 150 valence electrons. The third kappa shape index (κ3) is 2.85. The Balaban J connectivity index is 1.70. The molecule has 8 atom stereocenters. The Labute approximate surface area is 158 Å². The van der Waals surface area contributed by atoms with Crippen LogP contribution in [0.15, 0.2) is 0 Å². The maximum Gasteiger partial charge on any atom is 0.411 e. The van der Waals surface area contributed by atoms with E-state index in [4.69, 9.17) is 24.0 Å². The van der Waals surface area contributed by atoms with Crippen molar-refractivity contribution in [2.45, 2.75) is 80.9 Å². The molecular formula is C17H24BrF3O5. The van der Waals surface area contributed by atoms with Gasteiger partial charge in [0.05, 0.1) is 4.32 Å². The second-order valence-electron chi connectivity index (χ2n) is 8.40. The van der Waals surface area contributed by atoms with Crippen molar-refractivity contribution < 1.29 is 37.2 Å². The molecule has 1 spiro atoms. The maximum absolute atomic E-state index is 12.7. The number of alkyl halides is 4. The minimum absolute atomic E-state index is 0.135. The van der Waals surface area contributed by atoms with Crippen molar-refractivity contribution in [2.75, 3.05) is 6.61 Å². The van der Waals surface area contributed by atoms with Gasteiger partial charge in [0.2, 0.25) is 5.79 Å². The van der Waals surface area contributed by atoms with Gasteiger partial charge in [-0.25, -0.2) is 9.78 Å². The van der Waals surface area contributed by atoms with Crippen molar-refractivity contribution in [3.05, 3.63) is 0 Å². The Morgan fingerprint density at radius 1 is 1.15 bits per heavy atom. The second-order valence-corrected chi connectivity index (χ2v) is 10.1. The fourth-order valence-corrected chi connectivity index (χ4v) is 6.05. The largest absolute Gasteiger partial charge is 0.411 e. The van der Waals surface area contributed by atoms with E-state index in [0.717, 1.165) is 19.3 Å².